The summed E-state index contributed by atoms with van der Waals surface area (Å²) in [6.45, 7) is 7.26. The summed E-state index contributed by atoms with van der Waals surface area (Å²) in [5.74, 6) is 0.0312. The van der Waals surface area contributed by atoms with Crippen molar-refractivity contribution in [2.75, 3.05) is 26.2 Å². The van der Waals surface area contributed by atoms with Crippen molar-refractivity contribution in [1.82, 2.24) is 19.6 Å². The number of aryl methyl sites for hydroxylation is 1. The zero-order valence-corrected chi connectivity index (χ0v) is 19.9. The lowest BCUT2D eigenvalue weighted by atomic mass is 9.94. The van der Waals surface area contributed by atoms with Crippen LogP contribution in [0.5, 0.6) is 0 Å². The normalized spacial score (nSPS) is 19.6. The summed E-state index contributed by atoms with van der Waals surface area (Å²) in [7, 11) is 0. The van der Waals surface area contributed by atoms with E-state index < -0.39 is 6.04 Å². The first-order valence-corrected chi connectivity index (χ1v) is 12.8. The fraction of sp³-hybridized carbons (Fsp3) is 0.560. The molecule has 1 aromatic carbocycles. The molecule has 0 spiro atoms. The molecule has 3 aromatic rings. The first kappa shape index (κ1) is 21.6. The summed E-state index contributed by atoms with van der Waals surface area (Å²) in [4.78, 5) is 31.6. The Bertz CT molecular complexity index is 1190. The van der Waals surface area contributed by atoms with E-state index in [-0.39, 0.29) is 11.5 Å². The highest BCUT2D eigenvalue weighted by Gasteiger charge is 2.32. The van der Waals surface area contributed by atoms with E-state index in [0.717, 1.165) is 46.7 Å². The van der Waals surface area contributed by atoms with Crippen LogP contribution >= 0.6 is 11.3 Å². The minimum atomic E-state index is -0.550. The Morgan fingerprint density at radius 1 is 1.12 bits per heavy atom. The fourth-order valence-electron chi connectivity index (χ4n) is 5.51. The van der Waals surface area contributed by atoms with Gasteiger partial charge in [-0.25, -0.2) is 4.68 Å². The van der Waals surface area contributed by atoms with Crippen molar-refractivity contribution in [3.05, 3.63) is 40.3 Å². The highest BCUT2D eigenvalue weighted by Crippen LogP contribution is 2.33. The van der Waals surface area contributed by atoms with Crippen LogP contribution in [0.1, 0.15) is 57.2 Å². The van der Waals surface area contributed by atoms with E-state index in [9.17, 15) is 9.59 Å². The Hall–Kier alpha value is -2.25. The second-order valence-electron chi connectivity index (χ2n) is 9.21. The van der Waals surface area contributed by atoms with Crippen LogP contribution in [-0.4, -0.2) is 57.7 Å². The van der Waals surface area contributed by atoms with Crippen LogP contribution in [0.25, 0.3) is 20.2 Å². The number of benzene rings is 1. The van der Waals surface area contributed by atoms with Crippen molar-refractivity contribution in [3.63, 3.8) is 0 Å². The van der Waals surface area contributed by atoms with Crippen molar-refractivity contribution < 1.29 is 4.79 Å². The Labute approximate surface area is 192 Å². The lowest BCUT2D eigenvalue weighted by molar-refractivity contribution is -0.137. The molecule has 1 atom stereocenters. The molecule has 1 saturated heterocycles. The minimum Gasteiger partial charge on any atom is -0.338 e. The van der Waals surface area contributed by atoms with Crippen molar-refractivity contribution in [2.45, 2.75) is 64.5 Å². The molecule has 5 rings (SSSR count). The summed E-state index contributed by atoms with van der Waals surface area (Å²) in [5, 5.41) is 6.29. The third kappa shape index (κ3) is 3.75. The molecule has 1 aliphatic heterocycles. The zero-order chi connectivity index (χ0) is 22.2. The Morgan fingerprint density at radius 3 is 2.56 bits per heavy atom. The SMILES string of the molecule is CC[C@@H](C(=O)N1CCN(C2CCCCC2)CC1)n1nc(C)c2sc3ccccc3c2c1=O. The van der Waals surface area contributed by atoms with Crippen molar-refractivity contribution >= 4 is 37.4 Å². The average Bonchev–Trinajstić information content (AvgIpc) is 3.24. The smallest absolute Gasteiger partial charge is 0.276 e. The lowest BCUT2D eigenvalue weighted by Gasteiger charge is -2.41. The van der Waals surface area contributed by atoms with Crippen LogP contribution in [0.2, 0.25) is 0 Å². The van der Waals surface area contributed by atoms with Crippen LogP contribution in [0.4, 0.5) is 0 Å². The molecular weight excluding hydrogens is 420 g/mol. The summed E-state index contributed by atoms with van der Waals surface area (Å²) < 4.78 is 3.48. The van der Waals surface area contributed by atoms with Gasteiger partial charge >= 0.3 is 0 Å². The molecular formula is C25H32N4O2S. The zero-order valence-electron chi connectivity index (χ0n) is 19.0. The van der Waals surface area contributed by atoms with Gasteiger partial charge < -0.3 is 4.90 Å². The van der Waals surface area contributed by atoms with Gasteiger partial charge in [-0.05, 0) is 32.3 Å². The van der Waals surface area contributed by atoms with Crippen LogP contribution in [0, 0.1) is 6.92 Å². The molecule has 0 unspecified atom stereocenters. The van der Waals surface area contributed by atoms with Crippen LogP contribution in [-0.2, 0) is 4.79 Å². The van der Waals surface area contributed by atoms with Gasteiger partial charge in [0.05, 0.1) is 15.8 Å². The predicted molar refractivity (Wildman–Crippen MR) is 130 cm³/mol. The van der Waals surface area contributed by atoms with Gasteiger partial charge in [-0.3, -0.25) is 14.5 Å². The number of thiophene rings is 1. The van der Waals surface area contributed by atoms with Crippen molar-refractivity contribution in [3.8, 4) is 0 Å². The summed E-state index contributed by atoms with van der Waals surface area (Å²) in [6.07, 6.45) is 7.15. The van der Waals surface area contributed by atoms with Gasteiger partial charge in [0, 0.05) is 42.3 Å². The van der Waals surface area contributed by atoms with Gasteiger partial charge in [-0.2, -0.15) is 5.10 Å². The predicted octanol–water partition coefficient (Wildman–Crippen LogP) is 4.35. The second kappa shape index (κ2) is 8.94. The quantitative estimate of drug-likeness (QED) is 0.591. The monoisotopic (exact) mass is 452 g/mol. The minimum absolute atomic E-state index is 0.0312. The molecule has 1 amide bonds. The lowest BCUT2D eigenvalue weighted by Crippen LogP contribution is -2.54. The maximum absolute atomic E-state index is 13.5. The van der Waals surface area contributed by atoms with Gasteiger partial charge in [-0.15, -0.1) is 11.3 Å². The van der Waals surface area contributed by atoms with Gasteiger partial charge in [0.15, 0.2) is 0 Å². The number of amides is 1. The number of hydrogen-bond acceptors (Lipinski definition) is 5. The highest BCUT2D eigenvalue weighted by atomic mass is 32.1. The highest BCUT2D eigenvalue weighted by molar-refractivity contribution is 7.26. The van der Waals surface area contributed by atoms with Crippen LogP contribution < -0.4 is 5.56 Å². The Balaban J connectivity index is 1.41. The van der Waals surface area contributed by atoms with E-state index >= 15 is 0 Å². The molecule has 2 fully saturated rings. The fourth-order valence-corrected chi connectivity index (χ4v) is 6.64. The van der Waals surface area contributed by atoms with E-state index in [4.69, 9.17) is 0 Å². The molecule has 2 aliphatic rings. The number of carbonyl (C=O) groups excluding carboxylic acids is 1. The molecule has 32 heavy (non-hydrogen) atoms. The average molecular weight is 453 g/mol. The van der Waals surface area contributed by atoms with E-state index in [1.165, 1.54) is 36.8 Å². The standard InChI is InChI=1S/C25H32N4O2S/c1-3-20(24(30)28-15-13-27(14-16-28)18-9-5-4-6-10-18)29-25(31)22-19-11-7-8-12-21(19)32-23(22)17(2)26-29/h7-8,11-12,18,20H,3-6,9-10,13-16H2,1-2H3/t20-/m0/s1. The Morgan fingerprint density at radius 2 is 1.84 bits per heavy atom. The van der Waals surface area contributed by atoms with E-state index in [1.54, 1.807) is 11.3 Å². The summed E-state index contributed by atoms with van der Waals surface area (Å²) in [6, 6.07) is 8.12. The molecule has 3 heterocycles. The number of aromatic nitrogens is 2. The molecule has 0 radical (unpaired) electrons. The van der Waals surface area contributed by atoms with Gasteiger partial charge in [-0.1, -0.05) is 44.4 Å². The summed E-state index contributed by atoms with van der Waals surface area (Å²) >= 11 is 1.60. The number of carbonyl (C=O) groups is 1. The largest absolute Gasteiger partial charge is 0.338 e. The first-order valence-electron chi connectivity index (χ1n) is 12.0. The first-order chi connectivity index (χ1) is 15.6. The molecule has 1 aliphatic carbocycles. The Kier molecular flexibility index (Phi) is 6.03. The number of piperazine rings is 1. The molecule has 2 aromatic heterocycles. The maximum atomic E-state index is 13.5. The van der Waals surface area contributed by atoms with Gasteiger partial charge in [0.1, 0.15) is 6.04 Å². The van der Waals surface area contributed by atoms with Crippen LogP contribution in [0.15, 0.2) is 29.1 Å². The van der Waals surface area contributed by atoms with E-state index in [1.807, 2.05) is 43.0 Å². The molecule has 1 saturated carbocycles. The summed E-state index contributed by atoms with van der Waals surface area (Å²) in [5.41, 5.74) is 0.665. The van der Waals surface area contributed by atoms with E-state index in [2.05, 4.69) is 10.00 Å². The molecule has 0 N–H and O–H groups in total. The number of rotatable bonds is 4. The maximum Gasteiger partial charge on any atom is 0.276 e. The van der Waals surface area contributed by atoms with Gasteiger partial charge in [0.2, 0.25) is 5.91 Å². The van der Waals surface area contributed by atoms with Crippen LogP contribution in [0.3, 0.4) is 0 Å². The van der Waals surface area contributed by atoms with Crippen molar-refractivity contribution in [2.24, 2.45) is 0 Å². The molecule has 170 valence electrons. The molecule has 7 heteroatoms. The molecule has 6 nitrogen and oxygen atoms in total. The van der Waals surface area contributed by atoms with E-state index in [0.29, 0.717) is 17.8 Å². The number of nitrogens with zero attached hydrogens (tertiary/aromatic N) is 4. The third-order valence-electron chi connectivity index (χ3n) is 7.29. The number of hydrogen-bond donors (Lipinski definition) is 0. The number of fused-ring (bicyclic) bond motifs is 3. The van der Waals surface area contributed by atoms with Crippen molar-refractivity contribution in [1.29, 1.82) is 0 Å². The molecule has 0 bridgehead atoms. The third-order valence-corrected chi connectivity index (χ3v) is 8.57. The second-order valence-corrected chi connectivity index (χ2v) is 10.3. The van der Waals surface area contributed by atoms with Gasteiger partial charge in [0.25, 0.3) is 5.56 Å². The topological polar surface area (TPSA) is 58.4 Å².